The summed E-state index contributed by atoms with van der Waals surface area (Å²) in [6.07, 6.45) is 8.98. The quantitative estimate of drug-likeness (QED) is 0.299. The van der Waals surface area contributed by atoms with Crippen LogP contribution in [0.1, 0.15) is 106 Å². The lowest BCUT2D eigenvalue weighted by atomic mass is 9.63. The normalized spacial score (nSPS) is 30.4. The predicted octanol–water partition coefficient (Wildman–Crippen LogP) is 5.11. The Bertz CT molecular complexity index is 1990. The molecule has 0 bridgehead atoms. The van der Waals surface area contributed by atoms with Crippen LogP contribution in [0.25, 0.3) is 22.6 Å². The van der Waals surface area contributed by atoms with Gasteiger partial charge in [0.2, 0.25) is 5.88 Å². The summed E-state index contributed by atoms with van der Waals surface area (Å²) in [6, 6.07) is 2.82. The fourth-order valence-corrected chi connectivity index (χ4v) is 10.9. The van der Waals surface area contributed by atoms with Crippen LogP contribution in [0.5, 0.6) is 5.88 Å². The smallest absolute Gasteiger partial charge is 0.246 e. The van der Waals surface area contributed by atoms with E-state index in [0.717, 1.165) is 98.1 Å². The third-order valence-corrected chi connectivity index (χ3v) is 13.2. The van der Waals surface area contributed by atoms with Crippen molar-refractivity contribution in [2.75, 3.05) is 30.8 Å². The summed E-state index contributed by atoms with van der Waals surface area (Å²) in [5, 5.41) is 32.8. The topological polar surface area (TPSA) is 155 Å². The molecule has 0 amide bonds. The SMILES string of the molecule is C[C@@H]1Oc2nn([C@@H](C)[C@@H]3CCCN3C)c3nc(-c4noc5c4CCC[C@@]54CCCc5sc(N)c(C#N)c54)nc(c23)N2C[C@](C)(O)CC[C@H]12. The van der Waals surface area contributed by atoms with Crippen molar-refractivity contribution < 1.29 is 14.4 Å². The molecule has 2 aliphatic carbocycles. The fourth-order valence-electron chi connectivity index (χ4n) is 9.75. The number of likely N-dealkylation sites (tertiary alicyclic amines) is 1. The van der Waals surface area contributed by atoms with E-state index in [9.17, 15) is 10.4 Å². The molecule has 9 rings (SSSR count). The minimum absolute atomic E-state index is 0.0285. The molecule has 12 nitrogen and oxygen atoms in total. The van der Waals surface area contributed by atoms with Gasteiger partial charge in [-0.1, -0.05) is 5.16 Å². The van der Waals surface area contributed by atoms with Crippen molar-refractivity contribution in [2.24, 2.45) is 0 Å². The van der Waals surface area contributed by atoms with Gasteiger partial charge in [0.15, 0.2) is 22.9 Å². The maximum atomic E-state index is 11.3. The third-order valence-electron chi connectivity index (χ3n) is 12.1. The maximum Gasteiger partial charge on any atom is 0.246 e. The Morgan fingerprint density at radius 3 is 2.73 bits per heavy atom. The first-order valence-electron chi connectivity index (χ1n) is 17.6. The Kier molecular flexibility index (Phi) is 6.72. The van der Waals surface area contributed by atoms with Crippen molar-refractivity contribution in [3.63, 3.8) is 0 Å². The second kappa shape index (κ2) is 10.6. The van der Waals surface area contributed by atoms with Crippen molar-refractivity contribution in [1.82, 2.24) is 29.8 Å². The number of aryl methyl sites for hydroxylation is 1. The van der Waals surface area contributed by atoms with Gasteiger partial charge in [0, 0.05) is 23.0 Å². The second-order valence-electron chi connectivity index (χ2n) is 15.2. The Labute approximate surface area is 283 Å². The van der Waals surface area contributed by atoms with Gasteiger partial charge in [0.25, 0.3) is 0 Å². The lowest BCUT2D eigenvalue weighted by molar-refractivity contribution is 0.0240. The molecule has 3 N–H and O–H groups in total. The zero-order valence-corrected chi connectivity index (χ0v) is 28.9. The first-order valence-corrected chi connectivity index (χ1v) is 18.4. The van der Waals surface area contributed by atoms with Gasteiger partial charge >= 0.3 is 0 Å². The van der Waals surface area contributed by atoms with Gasteiger partial charge in [-0.3, -0.25) is 0 Å². The van der Waals surface area contributed by atoms with E-state index in [-0.39, 0.29) is 18.2 Å². The summed E-state index contributed by atoms with van der Waals surface area (Å²) in [4.78, 5) is 16.4. The Morgan fingerprint density at radius 1 is 1.15 bits per heavy atom. The highest BCUT2D eigenvalue weighted by Gasteiger charge is 2.49. The highest BCUT2D eigenvalue weighted by Crippen LogP contribution is 2.55. The summed E-state index contributed by atoms with van der Waals surface area (Å²) in [6.45, 7) is 7.70. The van der Waals surface area contributed by atoms with E-state index in [2.05, 4.69) is 36.8 Å². The molecule has 6 atom stereocenters. The van der Waals surface area contributed by atoms with E-state index < -0.39 is 11.0 Å². The zero-order chi connectivity index (χ0) is 33.1. The van der Waals surface area contributed by atoms with Crippen molar-refractivity contribution in [1.29, 1.82) is 5.26 Å². The van der Waals surface area contributed by atoms with E-state index in [1.54, 1.807) is 11.3 Å². The van der Waals surface area contributed by atoms with Crippen LogP contribution < -0.4 is 15.4 Å². The average molecular weight is 670 g/mol. The number of rotatable bonds is 3. The zero-order valence-electron chi connectivity index (χ0n) is 28.1. The third kappa shape index (κ3) is 4.24. The molecule has 13 heteroatoms. The first-order chi connectivity index (χ1) is 23.1. The van der Waals surface area contributed by atoms with Gasteiger partial charge in [-0.15, -0.1) is 16.4 Å². The molecule has 4 aromatic rings. The van der Waals surface area contributed by atoms with Crippen LogP contribution in [-0.2, 0) is 18.3 Å². The number of aromatic nitrogens is 5. The maximum absolute atomic E-state index is 11.3. The fraction of sp³-hybridized carbons (Fsp3) is 0.629. The van der Waals surface area contributed by atoms with E-state index >= 15 is 0 Å². The van der Waals surface area contributed by atoms with Crippen molar-refractivity contribution >= 4 is 33.2 Å². The van der Waals surface area contributed by atoms with E-state index in [1.165, 1.54) is 4.88 Å². The number of ether oxygens (including phenoxy) is 1. The number of nitrogens with two attached hydrogens (primary N) is 1. The van der Waals surface area contributed by atoms with Gasteiger partial charge in [0.05, 0.1) is 28.7 Å². The number of thiophene rings is 1. The number of anilines is 2. The van der Waals surface area contributed by atoms with Crippen LogP contribution in [0.3, 0.4) is 0 Å². The second-order valence-corrected chi connectivity index (χ2v) is 16.3. The molecule has 5 aliphatic rings. The molecule has 48 heavy (non-hydrogen) atoms. The number of fused-ring (bicyclic) bond motifs is 6. The van der Waals surface area contributed by atoms with Gasteiger partial charge in [-0.2, -0.15) is 5.26 Å². The highest BCUT2D eigenvalue weighted by molar-refractivity contribution is 7.16. The number of hydrogen-bond donors (Lipinski definition) is 2. The van der Waals surface area contributed by atoms with Crippen molar-refractivity contribution in [3.8, 4) is 23.5 Å². The van der Waals surface area contributed by atoms with Crippen molar-refractivity contribution in [3.05, 3.63) is 27.3 Å². The molecule has 0 aromatic carbocycles. The van der Waals surface area contributed by atoms with Crippen molar-refractivity contribution in [2.45, 2.75) is 120 Å². The summed E-state index contributed by atoms with van der Waals surface area (Å²) in [7, 11) is 2.18. The van der Waals surface area contributed by atoms with Gasteiger partial charge in [-0.25, -0.2) is 14.6 Å². The van der Waals surface area contributed by atoms with E-state index in [0.29, 0.717) is 47.0 Å². The molecule has 3 aliphatic heterocycles. The number of nitriles is 1. The highest BCUT2D eigenvalue weighted by atomic mass is 32.1. The van der Waals surface area contributed by atoms with Crippen LogP contribution in [0.4, 0.5) is 10.8 Å². The predicted molar refractivity (Wildman–Crippen MR) is 182 cm³/mol. The lowest BCUT2D eigenvalue weighted by Crippen LogP contribution is -2.55. The summed E-state index contributed by atoms with van der Waals surface area (Å²) >= 11 is 1.55. The minimum atomic E-state index is -0.868. The number of nitrogen functional groups attached to an aromatic ring is 1. The van der Waals surface area contributed by atoms with Crippen LogP contribution in [-0.4, -0.2) is 78.8 Å². The molecule has 0 unspecified atom stereocenters. The molecular weight excluding hydrogens is 627 g/mol. The molecule has 2 fully saturated rings. The summed E-state index contributed by atoms with van der Waals surface area (Å²) < 4.78 is 15.0. The lowest BCUT2D eigenvalue weighted by Gasteiger charge is -2.44. The Balaban J connectivity index is 1.25. The van der Waals surface area contributed by atoms with Crippen LogP contribution >= 0.6 is 11.3 Å². The number of aliphatic hydroxyl groups is 1. The summed E-state index contributed by atoms with van der Waals surface area (Å²) in [5.74, 6) is 2.62. The van der Waals surface area contributed by atoms with Gasteiger partial charge in [-0.05, 0) is 104 Å². The van der Waals surface area contributed by atoms with Gasteiger partial charge in [0.1, 0.15) is 28.4 Å². The molecule has 1 spiro atoms. The standard InChI is InChI=1S/C35H43N9O3S/c1-18(22-9-7-15-42(22)4)44-32-25-31(43-17-34(3,45)14-11-23(43)19(2)46-33(25)40-44)38-30(39-32)27-20-8-5-12-35(28(20)47-41-27)13-6-10-24-26(35)21(16-36)29(37)48-24/h18-19,22-23,45H,5-15,17,37H2,1-4H3/t18-,19-,22-,23+,34+,35-/m0/s1. The molecule has 0 radical (unpaired) electrons. The Hall–Kier alpha value is -3.73. The number of piperidine rings is 1. The number of likely N-dealkylation sites (N-methyl/N-ethyl adjacent to an activating group) is 1. The summed E-state index contributed by atoms with van der Waals surface area (Å²) in [5.41, 5.74) is 9.13. The van der Waals surface area contributed by atoms with E-state index in [1.807, 2.05) is 11.6 Å². The largest absolute Gasteiger partial charge is 0.471 e. The molecule has 252 valence electrons. The number of hydrogen-bond acceptors (Lipinski definition) is 12. The molecular formula is C35H43N9O3S. The van der Waals surface area contributed by atoms with Crippen LogP contribution in [0.15, 0.2) is 4.52 Å². The monoisotopic (exact) mass is 669 g/mol. The number of nitrogens with zero attached hydrogens (tertiary/aromatic N) is 8. The van der Waals surface area contributed by atoms with Crippen LogP contribution in [0.2, 0.25) is 0 Å². The van der Waals surface area contributed by atoms with Crippen LogP contribution in [0, 0.1) is 11.3 Å². The minimum Gasteiger partial charge on any atom is -0.471 e. The molecule has 0 saturated carbocycles. The van der Waals surface area contributed by atoms with E-state index in [4.69, 9.17) is 35.2 Å². The molecule has 4 aromatic heterocycles. The molecule has 2 saturated heterocycles. The molecule has 7 heterocycles. The average Bonchev–Trinajstić information content (AvgIpc) is 3.83. The first kappa shape index (κ1) is 30.3. The Morgan fingerprint density at radius 2 is 1.96 bits per heavy atom. The van der Waals surface area contributed by atoms with Gasteiger partial charge < -0.3 is 29.9 Å².